The van der Waals surface area contributed by atoms with Crippen molar-refractivity contribution >= 4 is 28.2 Å². The molecule has 1 aliphatic heterocycles. The van der Waals surface area contributed by atoms with Gasteiger partial charge in [-0.1, -0.05) is 29.5 Å². The zero-order valence-electron chi connectivity index (χ0n) is 17.0. The lowest BCUT2D eigenvalue weighted by atomic mass is 9.95. The second-order valence-corrected chi connectivity index (χ2v) is 8.71. The Morgan fingerprint density at radius 1 is 1.20 bits per heavy atom. The number of thiazole rings is 1. The first kappa shape index (κ1) is 20.5. The number of carbonyl (C=O) groups excluding carboxylic acids is 1. The Labute approximate surface area is 180 Å². The Morgan fingerprint density at radius 2 is 2.03 bits per heavy atom. The molecule has 1 saturated heterocycles. The lowest BCUT2D eigenvalue weighted by molar-refractivity contribution is -0.128. The highest BCUT2D eigenvalue weighted by Gasteiger charge is 2.19. The van der Waals surface area contributed by atoms with E-state index in [4.69, 9.17) is 4.98 Å². The molecule has 3 aromatic rings. The van der Waals surface area contributed by atoms with Crippen LogP contribution < -0.4 is 5.32 Å². The van der Waals surface area contributed by atoms with Gasteiger partial charge in [-0.05, 0) is 61.4 Å². The number of rotatable bonds is 5. The van der Waals surface area contributed by atoms with E-state index < -0.39 is 0 Å². The van der Waals surface area contributed by atoms with Crippen LogP contribution in [0.4, 0.5) is 15.3 Å². The summed E-state index contributed by atoms with van der Waals surface area (Å²) in [4.78, 5) is 23.7. The number of nitrogens with one attached hydrogen (secondary N) is 1. The molecule has 0 saturated carbocycles. The van der Waals surface area contributed by atoms with E-state index in [1.165, 1.54) is 23.5 Å². The molecule has 0 bridgehead atoms. The van der Waals surface area contributed by atoms with Crippen LogP contribution in [0.2, 0.25) is 0 Å². The van der Waals surface area contributed by atoms with E-state index >= 15 is 0 Å². The topological polar surface area (TPSA) is 58.1 Å². The van der Waals surface area contributed by atoms with Gasteiger partial charge in [0, 0.05) is 31.9 Å². The summed E-state index contributed by atoms with van der Waals surface area (Å²) in [6, 6.07) is 12.4. The largest absolute Gasteiger partial charge is 0.343 e. The number of nitrogens with zero attached hydrogens (tertiary/aromatic N) is 3. The van der Waals surface area contributed by atoms with Crippen molar-refractivity contribution < 1.29 is 9.18 Å². The zero-order chi connectivity index (χ0) is 20.9. The van der Waals surface area contributed by atoms with Gasteiger partial charge in [0.25, 0.3) is 0 Å². The lowest BCUT2D eigenvalue weighted by Crippen LogP contribution is -2.29. The fourth-order valence-corrected chi connectivity index (χ4v) is 4.66. The van der Waals surface area contributed by atoms with Gasteiger partial charge in [-0.25, -0.2) is 14.4 Å². The van der Waals surface area contributed by atoms with E-state index in [2.05, 4.69) is 16.4 Å². The average Bonchev–Trinajstić information content (AvgIpc) is 3.06. The van der Waals surface area contributed by atoms with Gasteiger partial charge < -0.3 is 10.2 Å². The lowest BCUT2D eigenvalue weighted by Gasteiger charge is -2.18. The highest BCUT2D eigenvalue weighted by molar-refractivity contribution is 7.18. The molecule has 2 aromatic heterocycles. The molecule has 1 amide bonds. The summed E-state index contributed by atoms with van der Waals surface area (Å²) >= 11 is 1.51. The third-order valence-corrected chi connectivity index (χ3v) is 6.43. The van der Waals surface area contributed by atoms with Crippen LogP contribution in [0.25, 0.3) is 10.4 Å². The van der Waals surface area contributed by atoms with Gasteiger partial charge in [0.1, 0.15) is 11.6 Å². The van der Waals surface area contributed by atoms with Crippen LogP contribution in [0, 0.1) is 11.7 Å². The van der Waals surface area contributed by atoms with E-state index in [0.29, 0.717) is 5.92 Å². The molecule has 4 rings (SSSR count). The smallest absolute Gasteiger partial charge is 0.219 e. The number of hydrogen-bond donors (Lipinski definition) is 1. The first-order valence-electron chi connectivity index (χ1n) is 10.3. The molecule has 1 unspecified atom stereocenters. The fraction of sp³-hybridized carbons (Fsp3) is 0.348. The number of anilines is 2. The van der Waals surface area contributed by atoms with Crippen molar-refractivity contribution in [1.29, 1.82) is 0 Å². The number of aromatic nitrogens is 2. The van der Waals surface area contributed by atoms with Crippen molar-refractivity contribution in [1.82, 2.24) is 14.9 Å². The van der Waals surface area contributed by atoms with Gasteiger partial charge in [-0.15, -0.1) is 0 Å². The number of amides is 1. The zero-order valence-corrected chi connectivity index (χ0v) is 17.8. The molecule has 1 aliphatic rings. The van der Waals surface area contributed by atoms with Crippen molar-refractivity contribution in [2.24, 2.45) is 5.92 Å². The molecule has 1 N–H and O–H groups in total. The van der Waals surface area contributed by atoms with Gasteiger partial charge in [-0.2, -0.15) is 0 Å². The molecule has 156 valence electrons. The van der Waals surface area contributed by atoms with Gasteiger partial charge >= 0.3 is 0 Å². The molecule has 1 atom stereocenters. The van der Waals surface area contributed by atoms with E-state index in [1.54, 1.807) is 25.3 Å². The molecule has 0 spiro atoms. The average molecular weight is 425 g/mol. The molecule has 1 aromatic carbocycles. The monoisotopic (exact) mass is 424 g/mol. The van der Waals surface area contributed by atoms with Gasteiger partial charge in [0.05, 0.1) is 4.88 Å². The Kier molecular flexibility index (Phi) is 6.38. The van der Waals surface area contributed by atoms with E-state index in [-0.39, 0.29) is 11.7 Å². The summed E-state index contributed by atoms with van der Waals surface area (Å²) in [6.45, 7) is 3.35. The number of hydrogen-bond acceptors (Lipinski definition) is 5. The molecule has 1 fully saturated rings. The second kappa shape index (κ2) is 9.34. The Morgan fingerprint density at radius 3 is 2.83 bits per heavy atom. The van der Waals surface area contributed by atoms with Crippen molar-refractivity contribution in [2.75, 3.05) is 18.4 Å². The third kappa shape index (κ3) is 5.21. The van der Waals surface area contributed by atoms with E-state index in [0.717, 1.165) is 65.9 Å². The summed E-state index contributed by atoms with van der Waals surface area (Å²) in [5.41, 5.74) is 1.99. The summed E-state index contributed by atoms with van der Waals surface area (Å²) in [7, 11) is 0. The number of pyridine rings is 1. The van der Waals surface area contributed by atoms with Crippen LogP contribution >= 0.6 is 11.3 Å². The molecule has 3 heterocycles. The quantitative estimate of drug-likeness (QED) is 0.605. The minimum Gasteiger partial charge on any atom is -0.343 e. The second-order valence-electron chi connectivity index (χ2n) is 7.68. The minimum absolute atomic E-state index is 0.170. The van der Waals surface area contributed by atoms with E-state index in [1.807, 2.05) is 17.0 Å². The van der Waals surface area contributed by atoms with Crippen molar-refractivity contribution in [3.8, 4) is 10.4 Å². The SMILES string of the molecule is CC(=O)N1CCCC(Cc2cccc(Nc3ncc(-c4ccc(F)cc4)s3)n2)CC1. The van der Waals surface area contributed by atoms with Crippen molar-refractivity contribution in [2.45, 2.75) is 32.6 Å². The van der Waals surface area contributed by atoms with Crippen LogP contribution in [0.5, 0.6) is 0 Å². The summed E-state index contributed by atoms with van der Waals surface area (Å²) in [6.07, 6.45) is 5.90. The van der Waals surface area contributed by atoms with Gasteiger partial charge in [-0.3, -0.25) is 4.79 Å². The summed E-state index contributed by atoms with van der Waals surface area (Å²) in [5, 5.41) is 4.04. The molecule has 30 heavy (non-hydrogen) atoms. The molecular weight excluding hydrogens is 399 g/mol. The maximum Gasteiger partial charge on any atom is 0.219 e. The molecule has 0 aliphatic carbocycles. The van der Waals surface area contributed by atoms with Crippen LogP contribution in [-0.4, -0.2) is 33.9 Å². The molecule has 5 nitrogen and oxygen atoms in total. The predicted octanol–water partition coefficient (Wildman–Crippen LogP) is 5.28. The van der Waals surface area contributed by atoms with Crippen molar-refractivity contribution in [3.05, 3.63) is 60.2 Å². The molecule has 0 radical (unpaired) electrons. The first-order valence-corrected chi connectivity index (χ1v) is 11.1. The normalized spacial score (nSPS) is 16.9. The van der Waals surface area contributed by atoms with Gasteiger partial charge in [0.15, 0.2) is 5.13 Å². The first-order chi connectivity index (χ1) is 14.6. The Bertz CT molecular complexity index is 1000. The van der Waals surface area contributed by atoms with Crippen LogP contribution in [0.15, 0.2) is 48.7 Å². The molecule has 7 heteroatoms. The molecular formula is C23H25FN4OS. The van der Waals surface area contributed by atoms with Crippen LogP contribution in [0.1, 0.15) is 31.9 Å². The van der Waals surface area contributed by atoms with Gasteiger partial charge in [0.2, 0.25) is 5.91 Å². The van der Waals surface area contributed by atoms with Crippen LogP contribution in [-0.2, 0) is 11.2 Å². The standard InChI is InChI=1S/C23H25FN4OS/c1-16(29)28-12-3-4-17(11-13-28)14-20-5-2-6-22(26-20)27-23-25-15-21(30-23)18-7-9-19(24)10-8-18/h2,5-10,15,17H,3-4,11-14H2,1H3,(H,25,26,27). The number of benzene rings is 1. The minimum atomic E-state index is -0.245. The maximum absolute atomic E-state index is 13.1. The number of carbonyl (C=O) groups is 1. The summed E-state index contributed by atoms with van der Waals surface area (Å²) in [5.74, 6) is 1.24. The maximum atomic E-state index is 13.1. The Balaban J connectivity index is 1.39. The Hall–Kier alpha value is -2.80. The predicted molar refractivity (Wildman–Crippen MR) is 118 cm³/mol. The van der Waals surface area contributed by atoms with Crippen LogP contribution in [0.3, 0.4) is 0 Å². The number of halogens is 1. The number of likely N-dealkylation sites (tertiary alicyclic amines) is 1. The highest BCUT2D eigenvalue weighted by Crippen LogP contribution is 2.30. The highest BCUT2D eigenvalue weighted by atomic mass is 32.1. The fourth-order valence-electron chi connectivity index (χ4n) is 3.83. The summed E-state index contributed by atoms with van der Waals surface area (Å²) < 4.78 is 13.1. The third-order valence-electron chi connectivity index (χ3n) is 5.47. The van der Waals surface area contributed by atoms with E-state index in [9.17, 15) is 9.18 Å². The van der Waals surface area contributed by atoms with Crippen molar-refractivity contribution in [3.63, 3.8) is 0 Å².